The number of aryl methyl sites for hydroxylation is 1. The molecule has 2 aliphatic rings. The Labute approximate surface area is 203 Å². The Kier molecular flexibility index (Phi) is 6.46. The van der Waals surface area contributed by atoms with Crippen molar-refractivity contribution in [1.82, 2.24) is 0 Å². The Morgan fingerprint density at radius 3 is 2.00 bits per heavy atom. The van der Waals surface area contributed by atoms with Gasteiger partial charge in [0.2, 0.25) is 5.69 Å². The average Bonchev–Trinajstić information content (AvgIpc) is 3.33. The van der Waals surface area contributed by atoms with Crippen LogP contribution in [0.25, 0.3) is 22.4 Å². The van der Waals surface area contributed by atoms with Crippen molar-refractivity contribution in [3.63, 3.8) is 0 Å². The first kappa shape index (κ1) is 23.3. The van der Waals surface area contributed by atoms with Gasteiger partial charge in [-0.25, -0.2) is 0 Å². The Balaban J connectivity index is 0.000000464. The number of hydrogen-bond donors (Lipinski definition) is 0. The molecule has 3 aromatic carbocycles. The van der Waals surface area contributed by atoms with Crippen LogP contribution in [0.3, 0.4) is 0 Å². The summed E-state index contributed by atoms with van der Waals surface area (Å²) in [6, 6.07) is 31.1. The number of benzene rings is 3. The molecule has 0 saturated heterocycles. The van der Waals surface area contributed by atoms with Crippen LogP contribution in [0.5, 0.6) is 0 Å². The zero-order valence-corrected chi connectivity index (χ0v) is 19.4. The predicted octanol–water partition coefficient (Wildman–Crippen LogP) is 7.24. The Bertz CT molecular complexity index is 1330. The fourth-order valence-corrected chi connectivity index (χ4v) is 5.57. The van der Waals surface area contributed by atoms with Crippen LogP contribution in [-0.2, 0) is 32.2 Å². The lowest BCUT2D eigenvalue weighted by molar-refractivity contribution is -0.685. The topological polar surface area (TPSA) is 3.88 Å². The molecule has 6 heteroatoms. The Morgan fingerprint density at radius 2 is 1.29 bits per heavy atom. The maximum absolute atomic E-state index is 9.75. The van der Waals surface area contributed by atoms with E-state index in [0.717, 1.165) is 19.4 Å². The van der Waals surface area contributed by atoms with E-state index in [1.807, 2.05) is 0 Å². The van der Waals surface area contributed by atoms with Gasteiger partial charge in [0, 0.05) is 34.2 Å². The molecule has 6 rings (SSSR count). The first-order valence-corrected chi connectivity index (χ1v) is 12.1. The minimum absolute atomic E-state index is 0.953. The number of pyridine rings is 1. The highest BCUT2D eigenvalue weighted by Gasteiger charge is 2.36. The molecular formula is C29H26BF4N. The van der Waals surface area contributed by atoms with E-state index in [2.05, 4.69) is 89.5 Å². The molecule has 0 N–H and O–H groups in total. The van der Waals surface area contributed by atoms with Crippen LogP contribution in [0.2, 0.25) is 0 Å². The smallest absolute Gasteiger partial charge is 0.418 e. The van der Waals surface area contributed by atoms with Gasteiger partial charge in [0.25, 0.3) is 0 Å². The zero-order valence-electron chi connectivity index (χ0n) is 19.4. The normalized spacial score (nSPS) is 13.8. The van der Waals surface area contributed by atoms with E-state index < -0.39 is 7.25 Å². The van der Waals surface area contributed by atoms with Crippen molar-refractivity contribution in [3.05, 3.63) is 113 Å². The van der Waals surface area contributed by atoms with Gasteiger partial charge in [-0.2, -0.15) is 4.57 Å². The maximum Gasteiger partial charge on any atom is 0.673 e. The quantitative estimate of drug-likeness (QED) is 0.167. The van der Waals surface area contributed by atoms with E-state index in [-0.39, 0.29) is 0 Å². The van der Waals surface area contributed by atoms with Crippen molar-refractivity contribution in [2.45, 2.75) is 38.6 Å². The molecule has 0 fully saturated rings. The van der Waals surface area contributed by atoms with Gasteiger partial charge in [0.1, 0.15) is 0 Å². The molecule has 35 heavy (non-hydrogen) atoms. The molecule has 0 spiro atoms. The molecular weight excluding hydrogens is 449 g/mol. The molecule has 0 radical (unpaired) electrons. The number of nitrogens with zero attached hydrogens (tertiary/aromatic N) is 1. The summed E-state index contributed by atoms with van der Waals surface area (Å²) in [5.74, 6) is 0. The first-order chi connectivity index (χ1) is 16.9. The van der Waals surface area contributed by atoms with Gasteiger partial charge in [-0.05, 0) is 42.9 Å². The van der Waals surface area contributed by atoms with Crippen LogP contribution in [-0.4, -0.2) is 7.25 Å². The second-order valence-electron chi connectivity index (χ2n) is 9.07. The summed E-state index contributed by atoms with van der Waals surface area (Å²) < 4.78 is 41.7. The van der Waals surface area contributed by atoms with Gasteiger partial charge in [0.15, 0.2) is 12.2 Å². The standard InChI is InChI=1S/C29H26N.BF4/c1-3-10-21(11-4-1)20-30-27-17-9-16-25(27)28(23-13-5-2-6-14-23)26-19-18-22-12-7-8-15-24(22)29(26)30;2-1(3,4)5/h1-8,10-15H,9,16-20H2;/q+1;-1. The summed E-state index contributed by atoms with van der Waals surface area (Å²) in [5, 5.41) is 0. The van der Waals surface area contributed by atoms with Gasteiger partial charge >= 0.3 is 7.25 Å². The number of halogens is 4. The third kappa shape index (κ3) is 5.02. The summed E-state index contributed by atoms with van der Waals surface area (Å²) in [6.07, 6.45) is 5.89. The minimum atomic E-state index is -6.00. The van der Waals surface area contributed by atoms with Crippen LogP contribution in [0.1, 0.15) is 34.4 Å². The van der Waals surface area contributed by atoms with Crippen molar-refractivity contribution in [2.24, 2.45) is 0 Å². The van der Waals surface area contributed by atoms with Crippen LogP contribution < -0.4 is 4.57 Å². The summed E-state index contributed by atoms with van der Waals surface area (Å²) in [6.45, 7) is 0.953. The van der Waals surface area contributed by atoms with E-state index in [1.165, 1.54) is 52.8 Å². The molecule has 1 heterocycles. The summed E-state index contributed by atoms with van der Waals surface area (Å²) in [4.78, 5) is 0. The van der Waals surface area contributed by atoms with Crippen LogP contribution >= 0.6 is 0 Å². The fourth-order valence-electron chi connectivity index (χ4n) is 5.57. The second kappa shape index (κ2) is 9.69. The second-order valence-corrected chi connectivity index (χ2v) is 9.07. The lowest BCUT2D eigenvalue weighted by Crippen LogP contribution is -2.43. The van der Waals surface area contributed by atoms with E-state index in [0.29, 0.717) is 0 Å². The highest BCUT2D eigenvalue weighted by atomic mass is 19.5. The lowest BCUT2D eigenvalue weighted by Gasteiger charge is -2.24. The molecule has 1 nitrogen and oxygen atoms in total. The van der Waals surface area contributed by atoms with E-state index in [1.54, 1.807) is 16.8 Å². The van der Waals surface area contributed by atoms with Gasteiger partial charge in [0.05, 0.1) is 0 Å². The lowest BCUT2D eigenvalue weighted by atomic mass is 9.82. The minimum Gasteiger partial charge on any atom is -0.418 e. The monoisotopic (exact) mass is 475 g/mol. The van der Waals surface area contributed by atoms with Crippen molar-refractivity contribution in [2.75, 3.05) is 0 Å². The maximum atomic E-state index is 9.75. The summed E-state index contributed by atoms with van der Waals surface area (Å²) in [7, 11) is -6.00. The summed E-state index contributed by atoms with van der Waals surface area (Å²) in [5.41, 5.74) is 13.4. The number of hydrogen-bond acceptors (Lipinski definition) is 0. The number of fused-ring (bicyclic) bond motifs is 4. The predicted molar refractivity (Wildman–Crippen MR) is 133 cm³/mol. The molecule has 0 atom stereocenters. The van der Waals surface area contributed by atoms with Crippen molar-refractivity contribution in [1.29, 1.82) is 0 Å². The average molecular weight is 475 g/mol. The van der Waals surface area contributed by atoms with Gasteiger partial charge in [-0.15, -0.1) is 0 Å². The third-order valence-electron chi connectivity index (χ3n) is 6.84. The molecule has 0 unspecified atom stereocenters. The van der Waals surface area contributed by atoms with Crippen molar-refractivity contribution < 1.29 is 21.8 Å². The van der Waals surface area contributed by atoms with E-state index in [4.69, 9.17) is 0 Å². The van der Waals surface area contributed by atoms with Gasteiger partial charge < -0.3 is 17.3 Å². The molecule has 1 aromatic heterocycles. The van der Waals surface area contributed by atoms with Crippen LogP contribution in [0.4, 0.5) is 17.3 Å². The van der Waals surface area contributed by atoms with Gasteiger partial charge in [-0.1, -0.05) is 78.9 Å². The highest BCUT2D eigenvalue weighted by Crippen LogP contribution is 2.42. The molecule has 0 bridgehead atoms. The van der Waals surface area contributed by atoms with Crippen molar-refractivity contribution in [3.8, 4) is 22.4 Å². The largest absolute Gasteiger partial charge is 0.673 e. The molecule has 2 aliphatic carbocycles. The van der Waals surface area contributed by atoms with Crippen molar-refractivity contribution >= 4 is 7.25 Å². The fraction of sp³-hybridized carbons (Fsp3) is 0.207. The molecule has 0 aliphatic heterocycles. The molecule has 0 saturated carbocycles. The molecule has 4 aromatic rings. The Morgan fingerprint density at radius 1 is 0.657 bits per heavy atom. The number of rotatable bonds is 3. The SMILES string of the molecule is F[B-](F)(F)F.c1ccc(C[n+]2c3c(c(-c4ccccc4)c4c2-c2ccccc2CC4)CCC3)cc1. The zero-order chi connectivity index (χ0) is 24.4. The van der Waals surface area contributed by atoms with E-state index in [9.17, 15) is 17.3 Å². The van der Waals surface area contributed by atoms with Crippen LogP contribution in [0.15, 0.2) is 84.9 Å². The number of aromatic nitrogens is 1. The summed E-state index contributed by atoms with van der Waals surface area (Å²) >= 11 is 0. The van der Waals surface area contributed by atoms with E-state index >= 15 is 0 Å². The van der Waals surface area contributed by atoms with Crippen LogP contribution in [0, 0.1) is 0 Å². The first-order valence-electron chi connectivity index (χ1n) is 12.1. The molecule has 0 amide bonds. The highest BCUT2D eigenvalue weighted by molar-refractivity contribution is 6.50. The Hall–Kier alpha value is -3.41. The molecule has 178 valence electrons. The third-order valence-corrected chi connectivity index (χ3v) is 6.84. The van der Waals surface area contributed by atoms with Gasteiger partial charge in [-0.3, -0.25) is 0 Å².